The summed E-state index contributed by atoms with van der Waals surface area (Å²) in [6, 6.07) is 7.38. The number of oxime groups is 1. The van der Waals surface area contributed by atoms with E-state index in [1.807, 2.05) is 36.0 Å². The lowest BCUT2D eigenvalue weighted by Gasteiger charge is -2.10. The molecular weight excluding hydrogens is 262 g/mol. The number of hydrogen-bond donors (Lipinski definition) is 3. The van der Waals surface area contributed by atoms with E-state index in [9.17, 15) is 4.79 Å². The number of nitrogens with zero attached hydrogens (tertiary/aromatic N) is 1. The van der Waals surface area contributed by atoms with Gasteiger partial charge in [-0.15, -0.1) is 0 Å². The van der Waals surface area contributed by atoms with Gasteiger partial charge in [0, 0.05) is 23.8 Å². The Morgan fingerprint density at radius 2 is 2.21 bits per heavy atom. The molecule has 0 aliphatic carbocycles. The molecule has 1 amide bonds. The number of anilines is 1. The zero-order valence-electron chi connectivity index (χ0n) is 10.5. The number of hydrogen-bond acceptors (Lipinski definition) is 4. The molecule has 1 aliphatic heterocycles. The molecule has 1 heterocycles. The SMILES string of the molecule is NC(Cc1ccc(NC(=O)C2CCSC2)cc1)=NO. The number of rotatable bonds is 4. The van der Waals surface area contributed by atoms with Gasteiger partial charge in [0.15, 0.2) is 0 Å². The molecule has 1 fully saturated rings. The zero-order chi connectivity index (χ0) is 13.7. The lowest BCUT2D eigenvalue weighted by atomic mass is 10.1. The fraction of sp³-hybridized carbons (Fsp3) is 0.385. The second-order valence-corrected chi connectivity index (χ2v) is 5.66. The van der Waals surface area contributed by atoms with Crippen molar-refractivity contribution in [3.63, 3.8) is 0 Å². The quantitative estimate of drug-likeness (QED) is 0.338. The average Bonchev–Trinajstić information content (AvgIpc) is 2.95. The minimum absolute atomic E-state index is 0.0918. The van der Waals surface area contributed by atoms with Crippen LogP contribution in [0.15, 0.2) is 29.4 Å². The molecule has 0 aromatic heterocycles. The van der Waals surface area contributed by atoms with Crippen LogP contribution in [0.2, 0.25) is 0 Å². The van der Waals surface area contributed by atoms with Gasteiger partial charge in [-0.3, -0.25) is 4.79 Å². The number of carbonyl (C=O) groups excluding carboxylic acids is 1. The number of carbonyl (C=O) groups is 1. The monoisotopic (exact) mass is 279 g/mol. The Hall–Kier alpha value is -1.69. The molecular formula is C13H17N3O2S. The number of benzene rings is 1. The van der Waals surface area contributed by atoms with Gasteiger partial charge < -0.3 is 16.3 Å². The van der Waals surface area contributed by atoms with Crippen molar-refractivity contribution in [1.82, 2.24) is 0 Å². The van der Waals surface area contributed by atoms with Crippen LogP contribution in [0.3, 0.4) is 0 Å². The number of amides is 1. The van der Waals surface area contributed by atoms with Crippen LogP contribution in [0.5, 0.6) is 0 Å². The Morgan fingerprint density at radius 3 is 2.79 bits per heavy atom. The molecule has 1 aromatic carbocycles. The third-order valence-electron chi connectivity index (χ3n) is 3.04. The van der Waals surface area contributed by atoms with E-state index in [0.717, 1.165) is 29.2 Å². The molecule has 19 heavy (non-hydrogen) atoms. The van der Waals surface area contributed by atoms with Crippen LogP contribution < -0.4 is 11.1 Å². The van der Waals surface area contributed by atoms with Gasteiger partial charge in [-0.2, -0.15) is 11.8 Å². The Morgan fingerprint density at radius 1 is 1.47 bits per heavy atom. The highest BCUT2D eigenvalue weighted by molar-refractivity contribution is 7.99. The molecule has 2 rings (SSSR count). The van der Waals surface area contributed by atoms with Gasteiger partial charge in [0.25, 0.3) is 0 Å². The maximum Gasteiger partial charge on any atom is 0.228 e. The molecule has 1 saturated heterocycles. The van der Waals surface area contributed by atoms with Crippen molar-refractivity contribution >= 4 is 29.2 Å². The van der Waals surface area contributed by atoms with Gasteiger partial charge in [0.05, 0.1) is 0 Å². The topological polar surface area (TPSA) is 87.7 Å². The zero-order valence-corrected chi connectivity index (χ0v) is 11.3. The Kier molecular flexibility index (Phi) is 4.68. The van der Waals surface area contributed by atoms with Crippen LogP contribution in [0.4, 0.5) is 5.69 Å². The summed E-state index contributed by atoms with van der Waals surface area (Å²) in [4.78, 5) is 11.9. The Labute approximate surface area is 116 Å². The Bertz CT molecular complexity index is 467. The summed E-state index contributed by atoms with van der Waals surface area (Å²) in [6.07, 6.45) is 1.35. The van der Waals surface area contributed by atoms with E-state index in [1.165, 1.54) is 0 Å². The maximum atomic E-state index is 11.9. The number of nitrogens with two attached hydrogens (primary N) is 1. The van der Waals surface area contributed by atoms with Crippen molar-refractivity contribution < 1.29 is 10.0 Å². The van der Waals surface area contributed by atoms with Crippen molar-refractivity contribution in [3.05, 3.63) is 29.8 Å². The predicted molar refractivity (Wildman–Crippen MR) is 77.6 cm³/mol. The highest BCUT2D eigenvalue weighted by atomic mass is 32.2. The third kappa shape index (κ3) is 3.89. The van der Waals surface area contributed by atoms with Crippen molar-refractivity contribution in [2.75, 3.05) is 16.8 Å². The molecule has 0 radical (unpaired) electrons. The average molecular weight is 279 g/mol. The lowest BCUT2D eigenvalue weighted by Crippen LogP contribution is -2.22. The fourth-order valence-corrected chi connectivity index (χ4v) is 3.16. The van der Waals surface area contributed by atoms with Gasteiger partial charge in [-0.1, -0.05) is 17.3 Å². The van der Waals surface area contributed by atoms with Crippen LogP contribution >= 0.6 is 11.8 Å². The second kappa shape index (κ2) is 6.47. The first kappa shape index (κ1) is 13.7. The van der Waals surface area contributed by atoms with Crippen molar-refractivity contribution in [2.24, 2.45) is 16.8 Å². The molecule has 1 unspecified atom stereocenters. The van der Waals surface area contributed by atoms with Gasteiger partial charge >= 0.3 is 0 Å². The summed E-state index contributed by atoms with van der Waals surface area (Å²) < 4.78 is 0. The molecule has 1 aliphatic rings. The minimum Gasteiger partial charge on any atom is -0.409 e. The second-order valence-electron chi connectivity index (χ2n) is 4.51. The number of nitrogens with one attached hydrogen (secondary N) is 1. The molecule has 1 aromatic rings. The highest BCUT2D eigenvalue weighted by Gasteiger charge is 2.22. The third-order valence-corrected chi connectivity index (χ3v) is 4.20. The molecule has 0 spiro atoms. The fourth-order valence-electron chi connectivity index (χ4n) is 1.94. The highest BCUT2D eigenvalue weighted by Crippen LogP contribution is 2.24. The molecule has 4 N–H and O–H groups in total. The van der Waals surface area contributed by atoms with Crippen molar-refractivity contribution in [2.45, 2.75) is 12.8 Å². The molecule has 5 nitrogen and oxygen atoms in total. The number of thioether (sulfide) groups is 1. The standard InChI is InChI=1S/C13H17N3O2S/c14-12(16-18)7-9-1-3-11(4-2-9)15-13(17)10-5-6-19-8-10/h1-4,10,18H,5-8H2,(H2,14,16)(H,15,17). The first-order valence-electron chi connectivity index (χ1n) is 6.13. The van der Waals surface area contributed by atoms with Gasteiger partial charge in [-0.25, -0.2) is 0 Å². The molecule has 6 heteroatoms. The summed E-state index contributed by atoms with van der Waals surface area (Å²) in [5, 5.41) is 14.3. The largest absolute Gasteiger partial charge is 0.409 e. The molecule has 1 atom stereocenters. The summed E-state index contributed by atoms with van der Waals surface area (Å²) in [6.45, 7) is 0. The summed E-state index contributed by atoms with van der Waals surface area (Å²) >= 11 is 1.82. The van der Waals surface area contributed by atoms with Crippen LogP contribution in [-0.4, -0.2) is 28.5 Å². The smallest absolute Gasteiger partial charge is 0.228 e. The van der Waals surface area contributed by atoms with E-state index < -0.39 is 0 Å². The van der Waals surface area contributed by atoms with E-state index in [2.05, 4.69) is 10.5 Å². The van der Waals surface area contributed by atoms with Crippen LogP contribution in [-0.2, 0) is 11.2 Å². The van der Waals surface area contributed by atoms with Crippen molar-refractivity contribution in [3.8, 4) is 0 Å². The van der Waals surface area contributed by atoms with E-state index >= 15 is 0 Å². The van der Waals surface area contributed by atoms with Crippen molar-refractivity contribution in [1.29, 1.82) is 0 Å². The summed E-state index contributed by atoms with van der Waals surface area (Å²) in [5.74, 6) is 2.36. The molecule has 0 saturated carbocycles. The van der Waals surface area contributed by atoms with Gasteiger partial charge in [0.2, 0.25) is 5.91 Å². The van der Waals surface area contributed by atoms with Crippen LogP contribution in [0, 0.1) is 5.92 Å². The first-order valence-corrected chi connectivity index (χ1v) is 7.28. The van der Waals surface area contributed by atoms with Crippen LogP contribution in [0.1, 0.15) is 12.0 Å². The van der Waals surface area contributed by atoms with Gasteiger partial charge in [0.1, 0.15) is 5.84 Å². The van der Waals surface area contributed by atoms with E-state index in [4.69, 9.17) is 10.9 Å². The summed E-state index contributed by atoms with van der Waals surface area (Å²) in [5.41, 5.74) is 7.15. The molecule has 0 bridgehead atoms. The Balaban J connectivity index is 1.92. The van der Waals surface area contributed by atoms with E-state index in [-0.39, 0.29) is 17.7 Å². The predicted octanol–water partition coefficient (Wildman–Crippen LogP) is 1.67. The first-order chi connectivity index (χ1) is 9.19. The normalized spacial score (nSPS) is 19.4. The maximum absolute atomic E-state index is 11.9. The minimum atomic E-state index is 0.0918. The summed E-state index contributed by atoms with van der Waals surface area (Å²) in [7, 11) is 0. The van der Waals surface area contributed by atoms with Crippen LogP contribution in [0.25, 0.3) is 0 Å². The van der Waals surface area contributed by atoms with E-state index in [1.54, 1.807) is 0 Å². The number of amidine groups is 1. The van der Waals surface area contributed by atoms with E-state index in [0.29, 0.717) is 6.42 Å². The van der Waals surface area contributed by atoms with Gasteiger partial charge in [-0.05, 0) is 29.9 Å². The lowest BCUT2D eigenvalue weighted by molar-refractivity contribution is -0.119. The molecule has 102 valence electrons.